The van der Waals surface area contributed by atoms with Crippen molar-refractivity contribution in [2.45, 2.75) is 6.54 Å². The number of thiazole rings is 1. The number of benzene rings is 1. The second kappa shape index (κ2) is 5.82. The first kappa shape index (κ1) is 13.5. The van der Waals surface area contributed by atoms with E-state index >= 15 is 0 Å². The first-order valence-electron chi connectivity index (χ1n) is 5.15. The fraction of sp³-hybridized carbons (Fsp3) is 0.167. The maximum absolute atomic E-state index is 12.2. The van der Waals surface area contributed by atoms with Crippen LogP contribution in [-0.2, 0) is 6.54 Å². The summed E-state index contributed by atoms with van der Waals surface area (Å²) in [6, 6.07) is 5.16. The number of carbonyl (C=O) groups excluding carboxylic acids is 1. The standard InChI is InChI=1S/C12H10BrClN2OS/c1-16(5-11-6-18-7-15-11)12(17)8-2-9(13)4-10(14)3-8/h2-4,6-7H,5H2,1H3. The molecule has 18 heavy (non-hydrogen) atoms. The highest BCUT2D eigenvalue weighted by Crippen LogP contribution is 2.20. The Labute approximate surface area is 123 Å². The van der Waals surface area contributed by atoms with Gasteiger partial charge in [-0.15, -0.1) is 11.3 Å². The Balaban J connectivity index is 2.15. The van der Waals surface area contributed by atoms with Crippen LogP contribution >= 0.6 is 38.9 Å². The Morgan fingerprint density at radius 1 is 1.50 bits per heavy atom. The third kappa shape index (κ3) is 3.31. The van der Waals surface area contributed by atoms with Crippen LogP contribution in [0.1, 0.15) is 16.1 Å². The zero-order chi connectivity index (χ0) is 13.1. The summed E-state index contributed by atoms with van der Waals surface area (Å²) in [5, 5.41) is 2.47. The smallest absolute Gasteiger partial charge is 0.254 e. The summed E-state index contributed by atoms with van der Waals surface area (Å²) in [7, 11) is 1.75. The van der Waals surface area contributed by atoms with Gasteiger partial charge in [-0.1, -0.05) is 27.5 Å². The van der Waals surface area contributed by atoms with Crippen LogP contribution in [0.4, 0.5) is 0 Å². The molecule has 1 heterocycles. The van der Waals surface area contributed by atoms with Crippen LogP contribution < -0.4 is 0 Å². The number of carbonyl (C=O) groups is 1. The van der Waals surface area contributed by atoms with E-state index in [0.717, 1.165) is 10.2 Å². The Kier molecular flexibility index (Phi) is 4.37. The van der Waals surface area contributed by atoms with E-state index in [1.807, 2.05) is 5.38 Å². The van der Waals surface area contributed by atoms with E-state index in [2.05, 4.69) is 20.9 Å². The quantitative estimate of drug-likeness (QED) is 0.847. The van der Waals surface area contributed by atoms with Crippen molar-refractivity contribution in [2.75, 3.05) is 7.05 Å². The Morgan fingerprint density at radius 3 is 2.89 bits per heavy atom. The van der Waals surface area contributed by atoms with Gasteiger partial charge in [0.15, 0.2) is 0 Å². The average Bonchev–Trinajstić information content (AvgIpc) is 2.79. The third-order valence-corrected chi connectivity index (χ3v) is 3.65. The molecule has 0 fully saturated rings. The predicted molar refractivity (Wildman–Crippen MR) is 77.1 cm³/mol. The maximum atomic E-state index is 12.2. The van der Waals surface area contributed by atoms with Crippen molar-refractivity contribution in [3.63, 3.8) is 0 Å². The fourth-order valence-corrected chi connectivity index (χ4v) is 2.94. The van der Waals surface area contributed by atoms with Crippen molar-refractivity contribution >= 4 is 44.8 Å². The summed E-state index contributed by atoms with van der Waals surface area (Å²) in [6.07, 6.45) is 0. The number of aromatic nitrogens is 1. The van der Waals surface area contributed by atoms with Gasteiger partial charge in [-0.3, -0.25) is 4.79 Å². The highest BCUT2D eigenvalue weighted by molar-refractivity contribution is 9.10. The van der Waals surface area contributed by atoms with Gasteiger partial charge < -0.3 is 4.90 Å². The highest BCUT2D eigenvalue weighted by Gasteiger charge is 2.14. The van der Waals surface area contributed by atoms with Crippen molar-refractivity contribution in [3.05, 3.63) is 49.8 Å². The molecule has 0 saturated heterocycles. The normalized spacial score (nSPS) is 10.4. The van der Waals surface area contributed by atoms with Gasteiger partial charge in [-0.25, -0.2) is 4.98 Å². The zero-order valence-corrected chi connectivity index (χ0v) is 12.7. The number of amides is 1. The van der Waals surface area contributed by atoms with Gasteiger partial charge in [0.2, 0.25) is 0 Å². The molecule has 0 bridgehead atoms. The Bertz CT molecular complexity index is 539. The molecule has 1 aromatic heterocycles. The molecule has 0 aliphatic carbocycles. The topological polar surface area (TPSA) is 33.2 Å². The molecule has 94 valence electrons. The summed E-state index contributed by atoms with van der Waals surface area (Å²) < 4.78 is 0.792. The molecule has 0 spiro atoms. The van der Waals surface area contributed by atoms with Gasteiger partial charge in [0.25, 0.3) is 5.91 Å². The molecule has 0 radical (unpaired) electrons. The number of hydrogen-bond donors (Lipinski definition) is 0. The molecule has 0 unspecified atom stereocenters. The van der Waals surface area contributed by atoms with Crippen LogP contribution in [0.5, 0.6) is 0 Å². The minimum absolute atomic E-state index is 0.0776. The number of hydrogen-bond acceptors (Lipinski definition) is 3. The average molecular weight is 346 g/mol. The number of halogens is 2. The fourth-order valence-electron chi connectivity index (χ4n) is 1.53. The molecule has 2 rings (SSSR count). The van der Waals surface area contributed by atoms with Crippen molar-refractivity contribution < 1.29 is 4.79 Å². The largest absolute Gasteiger partial charge is 0.336 e. The van der Waals surface area contributed by atoms with Crippen molar-refractivity contribution in [2.24, 2.45) is 0 Å². The van der Waals surface area contributed by atoms with Gasteiger partial charge >= 0.3 is 0 Å². The first-order valence-corrected chi connectivity index (χ1v) is 7.26. The molecule has 6 heteroatoms. The summed E-state index contributed by atoms with van der Waals surface area (Å²) >= 11 is 10.8. The van der Waals surface area contributed by atoms with Crippen LogP contribution in [0.25, 0.3) is 0 Å². The molecule has 0 aliphatic rings. The molecule has 3 nitrogen and oxygen atoms in total. The number of rotatable bonds is 3. The monoisotopic (exact) mass is 344 g/mol. The zero-order valence-electron chi connectivity index (χ0n) is 9.56. The minimum Gasteiger partial charge on any atom is -0.336 e. The second-order valence-electron chi connectivity index (χ2n) is 3.80. The van der Waals surface area contributed by atoms with Crippen LogP contribution in [0.3, 0.4) is 0 Å². The van der Waals surface area contributed by atoms with Crippen LogP contribution in [0.2, 0.25) is 5.02 Å². The third-order valence-electron chi connectivity index (χ3n) is 2.34. The summed E-state index contributed by atoms with van der Waals surface area (Å²) in [5.74, 6) is -0.0776. The lowest BCUT2D eigenvalue weighted by Crippen LogP contribution is -2.26. The van der Waals surface area contributed by atoms with E-state index in [-0.39, 0.29) is 5.91 Å². The molecule has 0 atom stereocenters. The van der Waals surface area contributed by atoms with Gasteiger partial charge in [-0.2, -0.15) is 0 Å². The molecule has 0 aliphatic heterocycles. The van der Waals surface area contributed by atoms with E-state index in [1.165, 1.54) is 11.3 Å². The molecule has 1 aromatic carbocycles. The van der Waals surface area contributed by atoms with Gasteiger partial charge in [0.1, 0.15) is 0 Å². The van der Waals surface area contributed by atoms with Crippen molar-refractivity contribution in [1.82, 2.24) is 9.88 Å². The lowest BCUT2D eigenvalue weighted by Gasteiger charge is -2.16. The minimum atomic E-state index is -0.0776. The summed E-state index contributed by atoms with van der Waals surface area (Å²) in [6.45, 7) is 0.493. The van der Waals surface area contributed by atoms with Crippen LogP contribution in [0.15, 0.2) is 33.6 Å². The van der Waals surface area contributed by atoms with Gasteiger partial charge in [-0.05, 0) is 18.2 Å². The second-order valence-corrected chi connectivity index (χ2v) is 5.87. The summed E-state index contributed by atoms with van der Waals surface area (Å²) in [5.41, 5.74) is 3.20. The van der Waals surface area contributed by atoms with E-state index < -0.39 is 0 Å². The molecule has 0 saturated carbocycles. The molecule has 0 N–H and O–H groups in total. The SMILES string of the molecule is CN(Cc1cscn1)C(=O)c1cc(Cl)cc(Br)c1. The van der Waals surface area contributed by atoms with Crippen LogP contribution in [0, 0.1) is 0 Å². The van der Waals surface area contributed by atoms with Crippen molar-refractivity contribution in [3.8, 4) is 0 Å². The molecule has 1 amide bonds. The lowest BCUT2D eigenvalue weighted by atomic mass is 10.2. The first-order chi connectivity index (χ1) is 8.56. The lowest BCUT2D eigenvalue weighted by molar-refractivity contribution is 0.0783. The Morgan fingerprint density at radius 2 is 2.28 bits per heavy atom. The van der Waals surface area contributed by atoms with E-state index in [1.54, 1.807) is 35.7 Å². The van der Waals surface area contributed by atoms with E-state index in [0.29, 0.717) is 17.1 Å². The van der Waals surface area contributed by atoms with Gasteiger partial charge in [0, 0.05) is 27.5 Å². The predicted octanol–water partition coefficient (Wildman–Crippen LogP) is 3.83. The maximum Gasteiger partial charge on any atom is 0.254 e. The number of nitrogens with zero attached hydrogens (tertiary/aromatic N) is 2. The molecular formula is C12H10BrClN2OS. The van der Waals surface area contributed by atoms with E-state index in [9.17, 15) is 4.79 Å². The molecular weight excluding hydrogens is 336 g/mol. The van der Waals surface area contributed by atoms with Gasteiger partial charge in [0.05, 0.1) is 17.7 Å². The Hall–Kier alpha value is -0.910. The highest BCUT2D eigenvalue weighted by atomic mass is 79.9. The van der Waals surface area contributed by atoms with Crippen LogP contribution in [-0.4, -0.2) is 22.8 Å². The summed E-state index contributed by atoms with van der Waals surface area (Å²) in [4.78, 5) is 18.0. The van der Waals surface area contributed by atoms with E-state index in [4.69, 9.17) is 11.6 Å². The van der Waals surface area contributed by atoms with Crippen molar-refractivity contribution in [1.29, 1.82) is 0 Å². The molecule has 2 aromatic rings.